The SMILES string of the molecule is COCC(=O)COC(=O)C[N+]1(C)CC[C@@H](OC(=O)[C@](O)(c2ccccc2)C2CCCC2)C1. The number of ether oxygens (including phenoxy) is 3. The third kappa shape index (κ3) is 5.74. The van der Waals surface area contributed by atoms with Crippen molar-refractivity contribution in [3.05, 3.63) is 35.9 Å². The number of nitrogens with zero attached hydrogens (tertiary/aromatic N) is 1. The van der Waals surface area contributed by atoms with E-state index in [4.69, 9.17) is 14.2 Å². The smallest absolute Gasteiger partial charge is 0.362 e. The van der Waals surface area contributed by atoms with Crippen LogP contribution in [0.4, 0.5) is 0 Å². The lowest BCUT2D eigenvalue weighted by molar-refractivity contribution is -0.891. The van der Waals surface area contributed by atoms with Crippen molar-refractivity contribution in [1.29, 1.82) is 0 Å². The molecule has 0 spiro atoms. The highest BCUT2D eigenvalue weighted by molar-refractivity contribution is 5.83. The molecule has 0 aromatic heterocycles. The number of hydrogen-bond donors (Lipinski definition) is 1. The molecule has 1 saturated carbocycles. The molecule has 2 aliphatic rings. The molecule has 0 bridgehead atoms. The Morgan fingerprint density at radius 2 is 1.78 bits per heavy atom. The molecule has 8 nitrogen and oxygen atoms in total. The summed E-state index contributed by atoms with van der Waals surface area (Å²) in [4.78, 5) is 36.9. The Labute approximate surface area is 189 Å². The molecule has 2 fully saturated rings. The Hall–Kier alpha value is -2.29. The first kappa shape index (κ1) is 24.4. The number of quaternary nitrogens is 1. The third-order valence-corrected chi connectivity index (χ3v) is 6.59. The van der Waals surface area contributed by atoms with Crippen molar-refractivity contribution in [2.45, 2.75) is 43.8 Å². The Bertz CT molecular complexity index is 808. The number of likely N-dealkylation sites (tertiary alicyclic amines) is 1. The summed E-state index contributed by atoms with van der Waals surface area (Å²) in [5.41, 5.74) is -1.10. The lowest BCUT2D eigenvalue weighted by Gasteiger charge is -2.33. The summed E-state index contributed by atoms with van der Waals surface area (Å²) in [7, 11) is 3.30. The van der Waals surface area contributed by atoms with Gasteiger partial charge in [-0.1, -0.05) is 43.2 Å². The highest BCUT2D eigenvalue weighted by Crippen LogP contribution is 2.42. The number of aliphatic hydroxyl groups is 1. The highest BCUT2D eigenvalue weighted by Gasteiger charge is 2.50. The molecule has 1 unspecified atom stereocenters. The van der Waals surface area contributed by atoms with Gasteiger partial charge in [0.15, 0.2) is 30.6 Å². The quantitative estimate of drug-likeness (QED) is 0.429. The van der Waals surface area contributed by atoms with Gasteiger partial charge in [0.05, 0.1) is 13.6 Å². The number of ketones is 1. The van der Waals surface area contributed by atoms with Crippen molar-refractivity contribution in [3.63, 3.8) is 0 Å². The zero-order chi connectivity index (χ0) is 23.2. The molecule has 1 heterocycles. The number of carbonyl (C=O) groups excluding carboxylic acids is 3. The van der Waals surface area contributed by atoms with Crippen molar-refractivity contribution < 1.29 is 38.2 Å². The van der Waals surface area contributed by atoms with Crippen LogP contribution in [0, 0.1) is 5.92 Å². The van der Waals surface area contributed by atoms with Gasteiger partial charge < -0.3 is 23.8 Å². The van der Waals surface area contributed by atoms with Crippen molar-refractivity contribution >= 4 is 17.7 Å². The zero-order valence-electron chi connectivity index (χ0n) is 19.0. The summed E-state index contributed by atoms with van der Waals surface area (Å²) in [6, 6.07) is 9.03. The van der Waals surface area contributed by atoms with Crippen LogP contribution in [-0.2, 0) is 34.2 Å². The van der Waals surface area contributed by atoms with Crippen LogP contribution in [0.15, 0.2) is 30.3 Å². The fraction of sp³-hybridized carbons (Fsp3) is 0.625. The molecule has 1 aliphatic heterocycles. The van der Waals surface area contributed by atoms with Gasteiger partial charge in [-0.05, 0) is 18.4 Å². The van der Waals surface area contributed by atoms with Gasteiger partial charge in [0, 0.05) is 19.4 Å². The minimum Gasteiger partial charge on any atom is -0.454 e. The molecule has 32 heavy (non-hydrogen) atoms. The molecule has 1 saturated heterocycles. The third-order valence-electron chi connectivity index (χ3n) is 6.59. The number of rotatable bonds is 10. The predicted molar refractivity (Wildman–Crippen MR) is 115 cm³/mol. The lowest BCUT2D eigenvalue weighted by atomic mass is 9.80. The van der Waals surface area contributed by atoms with E-state index in [1.54, 1.807) is 12.1 Å². The number of benzene rings is 1. The van der Waals surface area contributed by atoms with Gasteiger partial charge in [0.2, 0.25) is 0 Å². The van der Waals surface area contributed by atoms with Crippen LogP contribution in [0.3, 0.4) is 0 Å². The maximum absolute atomic E-state index is 13.3. The number of methoxy groups -OCH3 is 1. The Balaban J connectivity index is 1.60. The van der Waals surface area contributed by atoms with E-state index in [2.05, 4.69) is 0 Å². The average molecular weight is 449 g/mol. The number of likely N-dealkylation sites (N-methyl/N-ethyl adjacent to an activating group) is 1. The molecule has 1 N–H and O–H groups in total. The summed E-state index contributed by atoms with van der Waals surface area (Å²) >= 11 is 0. The number of carbonyl (C=O) groups is 3. The van der Waals surface area contributed by atoms with E-state index in [0.29, 0.717) is 29.6 Å². The molecule has 1 aromatic rings. The Morgan fingerprint density at radius 3 is 2.44 bits per heavy atom. The van der Waals surface area contributed by atoms with E-state index in [1.165, 1.54) is 7.11 Å². The van der Waals surface area contributed by atoms with Crippen molar-refractivity contribution in [1.82, 2.24) is 0 Å². The molecule has 176 valence electrons. The van der Waals surface area contributed by atoms with Gasteiger partial charge >= 0.3 is 11.9 Å². The van der Waals surface area contributed by atoms with Crippen LogP contribution in [-0.4, -0.2) is 80.4 Å². The first-order valence-electron chi connectivity index (χ1n) is 11.3. The van der Waals surface area contributed by atoms with Gasteiger partial charge in [-0.3, -0.25) is 4.79 Å². The van der Waals surface area contributed by atoms with E-state index in [9.17, 15) is 19.5 Å². The van der Waals surface area contributed by atoms with E-state index < -0.39 is 23.6 Å². The molecule has 1 aromatic carbocycles. The van der Waals surface area contributed by atoms with Crippen LogP contribution in [0.25, 0.3) is 0 Å². The summed E-state index contributed by atoms with van der Waals surface area (Å²) < 4.78 is 15.9. The lowest BCUT2D eigenvalue weighted by Crippen LogP contribution is -2.48. The van der Waals surface area contributed by atoms with Crippen LogP contribution < -0.4 is 0 Å². The first-order chi connectivity index (χ1) is 15.3. The molecule has 3 atom stereocenters. The predicted octanol–water partition coefficient (Wildman–Crippen LogP) is 1.59. The summed E-state index contributed by atoms with van der Waals surface area (Å²) in [6.07, 6.45) is 3.74. The average Bonchev–Trinajstić information content (AvgIpc) is 3.43. The summed E-state index contributed by atoms with van der Waals surface area (Å²) in [6.45, 7) is 0.758. The molecule has 0 amide bonds. The van der Waals surface area contributed by atoms with Crippen LogP contribution in [0.5, 0.6) is 0 Å². The normalized spacial score (nSPS) is 25.3. The van der Waals surface area contributed by atoms with Crippen LogP contribution in [0.1, 0.15) is 37.7 Å². The number of hydrogen-bond acceptors (Lipinski definition) is 7. The van der Waals surface area contributed by atoms with Gasteiger partial charge in [0.25, 0.3) is 0 Å². The second kappa shape index (κ2) is 10.6. The van der Waals surface area contributed by atoms with Crippen LogP contribution >= 0.6 is 0 Å². The zero-order valence-corrected chi connectivity index (χ0v) is 19.0. The van der Waals surface area contributed by atoms with Crippen molar-refractivity contribution in [3.8, 4) is 0 Å². The molecule has 8 heteroatoms. The largest absolute Gasteiger partial charge is 0.454 e. The van der Waals surface area contributed by atoms with E-state index >= 15 is 0 Å². The maximum atomic E-state index is 13.3. The fourth-order valence-corrected chi connectivity index (χ4v) is 4.89. The minimum atomic E-state index is -1.66. The monoisotopic (exact) mass is 448 g/mol. The van der Waals surface area contributed by atoms with E-state index in [1.807, 2.05) is 25.2 Å². The fourth-order valence-electron chi connectivity index (χ4n) is 4.89. The number of esters is 2. The van der Waals surface area contributed by atoms with Crippen LogP contribution in [0.2, 0.25) is 0 Å². The Kier molecular flexibility index (Phi) is 8.03. The van der Waals surface area contributed by atoms with E-state index in [-0.39, 0.29) is 31.5 Å². The maximum Gasteiger partial charge on any atom is 0.362 e. The molecular formula is C24H34NO7+. The Morgan fingerprint density at radius 1 is 1.09 bits per heavy atom. The van der Waals surface area contributed by atoms with Crippen molar-refractivity contribution in [2.24, 2.45) is 5.92 Å². The second-order valence-electron chi connectivity index (χ2n) is 9.25. The molecule has 0 radical (unpaired) electrons. The summed E-state index contributed by atoms with van der Waals surface area (Å²) in [5, 5.41) is 11.6. The first-order valence-corrected chi connectivity index (χ1v) is 11.3. The molecular weight excluding hydrogens is 414 g/mol. The van der Waals surface area contributed by atoms with Gasteiger partial charge in [0.1, 0.15) is 13.2 Å². The minimum absolute atomic E-state index is 0.0832. The second-order valence-corrected chi connectivity index (χ2v) is 9.25. The van der Waals surface area contributed by atoms with E-state index in [0.717, 1.165) is 25.7 Å². The standard InChI is InChI=1S/C24H34NO7/c1-25(15-22(27)31-17-20(26)16-30-2)13-12-21(14-25)32-23(28)24(29,19-10-6-7-11-19)18-8-4-3-5-9-18/h3-5,8-9,19,21,29H,6-7,10-17H2,1-2H3/q+1/t21-,24+,25?/m1/s1. The van der Waals surface area contributed by atoms with Crippen molar-refractivity contribution in [2.75, 3.05) is 47.0 Å². The number of Topliss-reactive ketones (excluding diaryl/α,β-unsaturated/α-hetero) is 1. The highest BCUT2D eigenvalue weighted by atomic mass is 16.6. The van der Waals surface area contributed by atoms with Gasteiger partial charge in [-0.15, -0.1) is 0 Å². The molecule has 1 aliphatic carbocycles. The molecule has 3 rings (SSSR count). The topological polar surface area (TPSA) is 99.1 Å². The summed E-state index contributed by atoms with van der Waals surface area (Å²) in [5.74, 6) is -1.56. The van der Waals surface area contributed by atoms with Gasteiger partial charge in [-0.2, -0.15) is 0 Å². The van der Waals surface area contributed by atoms with Gasteiger partial charge in [-0.25, -0.2) is 9.59 Å².